The van der Waals surface area contributed by atoms with Crippen molar-refractivity contribution in [1.29, 1.82) is 0 Å². The smallest absolute Gasteiger partial charge is 0.0930 e. The minimum atomic E-state index is -2.25. The Morgan fingerprint density at radius 3 is 1.20 bits per heavy atom. The molecule has 0 saturated carbocycles. The molecule has 0 spiro atoms. The van der Waals surface area contributed by atoms with Gasteiger partial charge in [-0.25, -0.2) is 0 Å². The van der Waals surface area contributed by atoms with Gasteiger partial charge in [-0.15, -0.1) is 0 Å². The van der Waals surface area contributed by atoms with Gasteiger partial charge >= 0.3 is 0 Å². The third-order valence-corrected chi connectivity index (χ3v) is 6.33. The summed E-state index contributed by atoms with van der Waals surface area (Å²) in [5, 5.41) is -0.453. The predicted molar refractivity (Wildman–Crippen MR) is 73.7 cm³/mol. The highest BCUT2D eigenvalue weighted by Crippen LogP contribution is 2.60. The number of halogens is 10. The largest absolute Gasteiger partial charge is 0.226 e. The highest BCUT2D eigenvalue weighted by atomic mass is 35.6. The van der Waals surface area contributed by atoms with Gasteiger partial charge in [0.15, 0.2) is 4.33 Å². The standard InChI is InChI=1S/C5Cl10/c6-1(2(7)8)3(9,10)4(11,12)5(13,14)15. The molecule has 0 atom stereocenters. The van der Waals surface area contributed by atoms with Crippen LogP contribution in [-0.4, -0.2) is 12.5 Å². The molecule has 0 aliphatic heterocycles. The van der Waals surface area contributed by atoms with Gasteiger partial charge in [0, 0.05) is 0 Å². The van der Waals surface area contributed by atoms with Crippen molar-refractivity contribution < 1.29 is 0 Å². The maximum Gasteiger partial charge on any atom is 0.226 e. The third kappa shape index (κ3) is 3.80. The van der Waals surface area contributed by atoms with Crippen LogP contribution in [0.15, 0.2) is 9.52 Å². The van der Waals surface area contributed by atoms with Crippen LogP contribution in [0, 0.1) is 0 Å². The molecule has 0 N–H and O–H groups in total. The maximum absolute atomic E-state index is 5.75. The van der Waals surface area contributed by atoms with Crippen LogP contribution in [0.3, 0.4) is 0 Å². The zero-order chi connectivity index (χ0) is 12.7. The summed E-state index contributed by atoms with van der Waals surface area (Å²) in [6.45, 7) is 0. The minimum absolute atomic E-state index is 0.443. The highest BCUT2D eigenvalue weighted by molar-refractivity contribution is 6.80. The van der Waals surface area contributed by atoms with Crippen LogP contribution in [0.5, 0.6) is 0 Å². The Labute approximate surface area is 137 Å². The Morgan fingerprint density at radius 2 is 1.00 bits per heavy atom. The first-order chi connectivity index (χ1) is 6.35. The van der Waals surface area contributed by atoms with Crippen LogP contribution in [0.2, 0.25) is 0 Å². The molecule has 0 aromatic heterocycles. The van der Waals surface area contributed by atoms with E-state index in [0.717, 1.165) is 0 Å². The van der Waals surface area contributed by atoms with Gasteiger partial charge in [-0.1, -0.05) is 116 Å². The lowest BCUT2D eigenvalue weighted by Gasteiger charge is -2.37. The van der Waals surface area contributed by atoms with Crippen molar-refractivity contribution in [3.05, 3.63) is 9.52 Å². The maximum atomic E-state index is 5.75. The molecule has 90 valence electrons. The highest BCUT2D eigenvalue weighted by Gasteiger charge is 2.62. The number of hydrogen-bond acceptors (Lipinski definition) is 0. The topological polar surface area (TPSA) is 0 Å². The first-order valence-corrected chi connectivity index (χ1v) is 6.67. The molecule has 0 aromatic rings. The number of allylic oxidation sites excluding steroid dienone is 1. The van der Waals surface area contributed by atoms with Gasteiger partial charge in [-0.3, -0.25) is 0 Å². The van der Waals surface area contributed by atoms with Crippen LogP contribution < -0.4 is 0 Å². The van der Waals surface area contributed by atoms with Crippen molar-refractivity contribution >= 4 is 116 Å². The zero-order valence-corrected chi connectivity index (χ0v) is 13.8. The van der Waals surface area contributed by atoms with E-state index >= 15 is 0 Å². The molecule has 0 unspecified atom stereocenters. The molecule has 15 heavy (non-hydrogen) atoms. The normalized spacial score (nSPS) is 14.0. The van der Waals surface area contributed by atoms with E-state index in [9.17, 15) is 0 Å². The molecule has 0 aliphatic rings. The van der Waals surface area contributed by atoms with Crippen molar-refractivity contribution in [2.75, 3.05) is 0 Å². The van der Waals surface area contributed by atoms with Crippen LogP contribution >= 0.6 is 116 Å². The number of rotatable bonds is 2. The number of alkyl halides is 7. The Balaban J connectivity index is 5.49. The second-order valence-electron chi connectivity index (χ2n) is 2.22. The van der Waals surface area contributed by atoms with E-state index in [-0.39, 0.29) is 0 Å². The third-order valence-electron chi connectivity index (χ3n) is 1.19. The summed E-state index contributed by atoms with van der Waals surface area (Å²) < 4.78 is -7.08. The molecule has 0 aliphatic carbocycles. The van der Waals surface area contributed by atoms with Gasteiger partial charge < -0.3 is 0 Å². The summed E-state index contributed by atoms with van der Waals surface area (Å²) in [4.78, 5) is 0. The summed E-state index contributed by atoms with van der Waals surface area (Å²) in [5.41, 5.74) is 0. The Kier molecular flexibility index (Phi) is 6.74. The van der Waals surface area contributed by atoms with Gasteiger partial charge in [0.25, 0.3) is 0 Å². The van der Waals surface area contributed by atoms with Crippen LogP contribution in [0.25, 0.3) is 0 Å². The lowest BCUT2D eigenvalue weighted by molar-refractivity contribution is 0.756. The van der Waals surface area contributed by atoms with Crippen LogP contribution in [-0.2, 0) is 0 Å². The van der Waals surface area contributed by atoms with E-state index in [4.69, 9.17) is 116 Å². The summed E-state index contributed by atoms with van der Waals surface area (Å²) in [6, 6.07) is 0. The molecule has 0 fully saturated rings. The van der Waals surface area contributed by atoms with Crippen LogP contribution in [0.1, 0.15) is 0 Å². The zero-order valence-electron chi connectivity index (χ0n) is 6.28. The summed E-state index contributed by atoms with van der Waals surface area (Å²) in [5.74, 6) is 0. The SMILES string of the molecule is ClC(Cl)=C(Cl)C(Cl)(Cl)C(Cl)(Cl)C(Cl)(Cl)Cl. The van der Waals surface area contributed by atoms with Gasteiger partial charge in [0.1, 0.15) is 4.49 Å². The molecule has 0 aromatic carbocycles. The quantitative estimate of drug-likeness (QED) is 0.447. The fraction of sp³-hybridized carbons (Fsp3) is 0.600. The van der Waals surface area contributed by atoms with E-state index in [0.29, 0.717) is 0 Å². The minimum Gasteiger partial charge on any atom is -0.0930 e. The average molecular weight is 415 g/mol. The Morgan fingerprint density at radius 1 is 0.667 bits per heavy atom. The molecular weight excluding hydrogens is 415 g/mol. The van der Waals surface area contributed by atoms with E-state index in [1.807, 2.05) is 0 Å². The molecule has 0 nitrogen and oxygen atoms in total. The molecule has 0 radical (unpaired) electrons. The van der Waals surface area contributed by atoms with Gasteiger partial charge in [0.2, 0.25) is 8.13 Å². The first kappa shape index (κ1) is 17.6. The summed E-state index contributed by atoms with van der Waals surface area (Å²) in [6.07, 6.45) is 0. The van der Waals surface area contributed by atoms with Crippen molar-refractivity contribution in [3.8, 4) is 0 Å². The first-order valence-electron chi connectivity index (χ1n) is 2.89. The lowest BCUT2D eigenvalue weighted by Crippen LogP contribution is -2.47. The molecule has 0 amide bonds. The predicted octanol–water partition coefficient (Wildman–Crippen LogP) is 6.59. The Hall–Kier alpha value is 2.64. The molecule has 10 heteroatoms. The van der Waals surface area contributed by atoms with Crippen molar-refractivity contribution in [2.24, 2.45) is 0 Å². The molecule has 0 rings (SSSR count). The molecule has 0 heterocycles. The van der Waals surface area contributed by atoms with E-state index in [2.05, 4.69) is 0 Å². The Bertz CT molecular complexity index is 266. The van der Waals surface area contributed by atoms with Crippen molar-refractivity contribution in [1.82, 2.24) is 0 Å². The van der Waals surface area contributed by atoms with Crippen LogP contribution in [0.4, 0.5) is 0 Å². The summed E-state index contributed by atoms with van der Waals surface area (Å²) in [7, 11) is 0. The average Bonchev–Trinajstić information content (AvgIpc) is 2.00. The fourth-order valence-electron chi connectivity index (χ4n) is 0.435. The van der Waals surface area contributed by atoms with Gasteiger partial charge in [-0.05, 0) is 0 Å². The summed E-state index contributed by atoms with van der Waals surface area (Å²) >= 11 is 55.7. The van der Waals surface area contributed by atoms with E-state index < -0.39 is 22.0 Å². The fourth-order valence-corrected chi connectivity index (χ4v) is 2.53. The monoisotopic (exact) mass is 410 g/mol. The van der Waals surface area contributed by atoms with Crippen molar-refractivity contribution in [2.45, 2.75) is 12.5 Å². The lowest BCUT2D eigenvalue weighted by atomic mass is 10.3. The van der Waals surface area contributed by atoms with Gasteiger partial charge in [-0.2, -0.15) is 0 Å². The van der Waals surface area contributed by atoms with Crippen molar-refractivity contribution in [3.63, 3.8) is 0 Å². The molecule has 0 bridgehead atoms. The molecular formula is C5Cl10. The second kappa shape index (κ2) is 5.74. The second-order valence-corrected chi connectivity index (χ2v) is 8.48. The van der Waals surface area contributed by atoms with E-state index in [1.54, 1.807) is 0 Å². The van der Waals surface area contributed by atoms with E-state index in [1.165, 1.54) is 0 Å². The number of hydrogen-bond donors (Lipinski definition) is 0. The molecule has 0 saturated heterocycles. The van der Waals surface area contributed by atoms with Gasteiger partial charge in [0.05, 0.1) is 5.03 Å².